The first-order valence-corrected chi connectivity index (χ1v) is 31.0. The molecule has 0 unspecified atom stereocenters. The molecule has 0 aliphatic rings. The highest BCUT2D eigenvalue weighted by atomic mass is 16.2. The molecule has 82 heavy (non-hydrogen) atoms. The molecular weight excluding hydrogens is 1050 g/mol. The second-order valence-electron chi connectivity index (χ2n) is 25.4. The molecule has 476 valence electrons. The number of primary amides is 1. The standard InChI is InChI=1S/C60H117N13O9/c1-37(2)25-46(28-52(65)74)69-53(75)30-44(20-14-17-23-62)67-59(81)35-50(41(9)10)72-57(79)33-48(27-39(5)6)71-55(77)31-45(21-15-18-24-63)68-60(82)36-51(42(11)12)73-56(78)32-47(26-38(3)4)70-54(76)29-43(19-13-16-22-61)66-58(80)34-49(64)40(7)8/h37-51H,13-36,61-64H2,1-12H3,(H2,65,74)(H,66,80)(H,67,81)(H,68,82)(H,69,75)(H,70,76)(H,71,77)(H,72,79)(H,73,78)/t43-,44-,45-,46-,47-,48-,49+,50+,51+/m0/s1. The summed E-state index contributed by atoms with van der Waals surface area (Å²) in [6.07, 6.45) is 7.24. The molecule has 0 aliphatic carbocycles. The number of unbranched alkanes of at least 4 members (excludes halogenated alkanes) is 3. The minimum absolute atomic E-state index is 0.00462. The second-order valence-corrected chi connectivity index (χ2v) is 25.4. The number of nitrogens with one attached hydrogen (secondary N) is 8. The van der Waals surface area contributed by atoms with Gasteiger partial charge < -0.3 is 71.2 Å². The zero-order chi connectivity index (χ0) is 62.5. The summed E-state index contributed by atoms with van der Waals surface area (Å²) < 4.78 is 0. The van der Waals surface area contributed by atoms with Crippen LogP contribution in [0.4, 0.5) is 0 Å². The second kappa shape index (κ2) is 43.7. The molecule has 0 bridgehead atoms. The van der Waals surface area contributed by atoms with E-state index >= 15 is 0 Å². The van der Waals surface area contributed by atoms with Gasteiger partial charge in [0.1, 0.15) is 0 Å². The smallest absolute Gasteiger partial charge is 0.222 e. The first-order valence-electron chi connectivity index (χ1n) is 31.0. The summed E-state index contributed by atoms with van der Waals surface area (Å²) in [5, 5.41) is 24.1. The molecule has 9 atom stereocenters. The van der Waals surface area contributed by atoms with Crippen LogP contribution in [-0.2, 0) is 43.2 Å². The van der Waals surface area contributed by atoms with E-state index in [-0.39, 0.29) is 147 Å². The van der Waals surface area contributed by atoms with E-state index < -0.39 is 54.2 Å². The van der Waals surface area contributed by atoms with E-state index in [1.54, 1.807) is 0 Å². The SMILES string of the molecule is CC(C)C[C@@H](CC(N)=O)NC(=O)C[C@H](CCCCN)NC(=O)C[C@@H](NC(=O)C[C@H](CC(C)C)NC(=O)C[C@H](CCCCN)NC(=O)C[C@@H](NC(=O)C[C@H](CC(C)C)NC(=O)C[C@H](CCCCN)NC(=O)C[C@@H](N)C(C)C)C(C)C)C(C)C. The lowest BCUT2D eigenvalue weighted by molar-refractivity contribution is -0.128. The van der Waals surface area contributed by atoms with E-state index in [1.807, 2.05) is 83.1 Å². The maximum Gasteiger partial charge on any atom is 0.222 e. The average molecular weight is 1160 g/mol. The van der Waals surface area contributed by atoms with Gasteiger partial charge in [0.2, 0.25) is 53.2 Å². The van der Waals surface area contributed by atoms with Crippen molar-refractivity contribution in [2.24, 2.45) is 64.2 Å². The number of rotatable bonds is 47. The Bertz CT molecular complexity index is 1890. The highest BCUT2D eigenvalue weighted by Crippen LogP contribution is 2.17. The van der Waals surface area contributed by atoms with Crippen LogP contribution in [0.5, 0.6) is 0 Å². The van der Waals surface area contributed by atoms with Crippen LogP contribution in [-0.4, -0.2) is 127 Å². The summed E-state index contributed by atoms with van der Waals surface area (Å²) in [4.78, 5) is 120. The van der Waals surface area contributed by atoms with E-state index in [0.717, 1.165) is 12.8 Å². The largest absolute Gasteiger partial charge is 0.370 e. The molecule has 0 spiro atoms. The lowest BCUT2D eigenvalue weighted by Gasteiger charge is -2.27. The number of hydrogen-bond donors (Lipinski definition) is 13. The van der Waals surface area contributed by atoms with Crippen molar-refractivity contribution in [1.29, 1.82) is 0 Å². The van der Waals surface area contributed by atoms with Crippen LogP contribution in [0.3, 0.4) is 0 Å². The third-order valence-corrected chi connectivity index (χ3v) is 14.5. The van der Waals surface area contributed by atoms with Crippen molar-refractivity contribution in [1.82, 2.24) is 42.5 Å². The molecule has 22 nitrogen and oxygen atoms in total. The van der Waals surface area contributed by atoms with Crippen LogP contribution in [0, 0.1) is 35.5 Å². The Morgan fingerprint density at radius 1 is 0.305 bits per heavy atom. The third-order valence-electron chi connectivity index (χ3n) is 14.5. The maximum atomic E-state index is 13.9. The molecule has 0 saturated heterocycles. The molecular formula is C60H117N13O9. The van der Waals surface area contributed by atoms with Crippen LogP contribution < -0.4 is 71.2 Å². The molecule has 0 radical (unpaired) electrons. The van der Waals surface area contributed by atoms with Crippen molar-refractivity contribution in [3.05, 3.63) is 0 Å². The highest BCUT2D eigenvalue weighted by molar-refractivity contribution is 5.85. The van der Waals surface area contributed by atoms with Crippen molar-refractivity contribution in [3.8, 4) is 0 Å². The molecule has 0 aliphatic heterocycles. The predicted molar refractivity (Wildman–Crippen MR) is 326 cm³/mol. The van der Waals surface area contributed by atoms with Gasteiger partial charge in [-0.2, -0.15) is 0 Å². The van der Waals surface area contributed by atoms with Gasteiger partial charge in [-0.05, 0) is 113 Å². The van der Waals surface area contributed by atoms with Gasteiger partial charge in [0.05, 0.1) is 0 Å². The summed E-state index contributed by atoms with van der Waals surface area (Å²) in [7, 11) is 0. The molecule has 0 rings (SSSR count). The summed E-state index contributed by atoms with van der Waals surface area (Å²) in [6, 6.07) is -4.41. The number of amides is 9. The van der Waals surface area contributed by atoms with Gasteiger partial charge in [-0.25, -0.2) is 0 Å². The molecule has 9 amide bonds. The van der Waals surface area contributed by atoms with Gasteiger partial charge in [0.15, 0.2) is 0 Å². The van der Waals surface area contributed by atoms with Gasteiger partial charge in [-0.1, -0.05) is 102 Å². The van der Waals surface area contributed by atoms with Crippen LogP contribution in [0.15, 0.2) is 0 Å². The van der Waals surface area contributed by atoms with Gasteiger partial charge in [-0.3, -0.25) is 43.2 Å². The van der Waals surface area contributed by atoms with E-state index in [9.17, 15) is 43.2 Å². The van der Waals surface area contributed by atoms with Gasteiger partial charge >= 0.3 is 0 Å². The van der Waals surface area contributed by atoms with Crippen molar-refractivity contribution in [3.63, 3.8) is 0 Å². The van der Waals surface area contributed by atoms with Crippen LogP contribution in [0.1, 0.15) is 218 Å². The summed E-state index contributed by atoms with van der Waals surface area (Å²) in [5.41, 5.74) is 28.9. The van der Waals surface area contributed by atoms with Crippen molar-refractivity contribution in [2.45, 2.75) is 272 Å². The Hall–Kier alpha value is -4.93. The fraction of sp³-hybridized carbons (Fsp3) is 0.850. The minimum atomic E-state index is -0.566. The summed E-state index contributed by atoms with van der Waals surface area (Å²) >= 11 is 0. The van der Waals surface area contributed by atoms with Crippen LogP contribution in [0.25, 0.3) is 0 Å². The summed E-state index contributed by atoms with van der Waals surface area (Å²) in [5.74, 6) is -2.74. The van der Waals surface area contributed by atoms with E-state index in [0.29, 0.717) is 83.8 Å². The quantitative estimate of drug-likeness (QED) is 0.0387. The average Bonchev–Trinajstić information content (AvgIpc) is 3.35. The normalized spacial score (nSPS) is 15.0. The molecule has 0 saturated carbocycles. The fourth-order valence-electron chi connectivity index (χ4n) is 9.94. The zero-order valence-electron chi connectivity index (χ0n) is 52.7. The Kier molecular flexibility index (Phi) is 41.1. The first kappa shape index (κ1) is 77.1. The third kappa shape index (κ3) is 39.5. The molecule has 0 aromatic carbocycles. The Labute approximate surface area is 493 Å². The lowest BCUT2D eigenvalue weighted by Crippen LogP contribution is -2.48. The van der Waals surface area contributed by atoms with E-state index in [2.05, 4.69) is 42.5 Å². The molecule has 18 N–H and O–H groups in total. The Morgan fingerprint density at radius 2 is 0.549 bits per heavy atom. The van der Waals surface area contributed by atoms with E-state index in [4.69, 9.17) is 28.7 Å². The molecule has 0 aromatic rings. The number of hydrogen-bond acceptors (Lipinski definition) is 13. The van der Waals surface area contributed by atoms with Gasteiger partial charge in [-0.15, -0.1) is 0 Å². The monoisotopic (exact) mass is 1160 g/mol. The molecule has 0 fully saturated rings. The maximum absolute atomic E-state index is 13.9. The summed E-state index contributed by atoms with van der Waals surface area (Å²) in [6.45, 7) is 24.8. The van der Waals surface area contributed by atoms with Gasteiger partial charge in [0.25, 0.3) is 0 Å². The Balaban J connectivity index is 5.97. The van der Waals surface area contributed by atoms with Crippen molar-refractivity contribution >= 4 is 53.2 Å². The predicted octanol–water partition coefficient (Wildman–Crippen LogP) is 3.68. The number of carbonyl (C=O) groups is 9. The van der Waals surface area contributed by atoms with Crippen LogP contribution in [0.2, 0.25) is 0 Å². The minimum Gasteiger partial charge on any atom is -0.370 e. The number of carbonyl (C=O) groups excluding carboxylic acids is 9. The molecule has 22 heteroatoms. The fourth-order valence-corrected chi connectivity index (χ4v) is 9.94. The topological polar surface area (TPSA) is 380 Å². The molecule has 0 heterocycles. The Morgan fingerprint density at radius 3 is 0.805 bits per heavy atom. The first-order chi connectivity index (χ1) is 38.5. The van der Waals surface area contributed by atoms with E-state index in [1.165, 1.54) is 0 Å². The van der Waals surface area contributed by atoms with Crippen LogP contribution >= 0.6 is 0 Å². The number of nitrogens with two attached hydrogens (primary N) is 5. The zero-order valence-corrected chi connectivity index (χ0v) is 52.7. The lowest BCUT2D eigenvalue weighted by atomic mass is 9.97. The molecule has 0 aromatic heterocycles. The van der Waals surface area contributed by atoms with Gasteiger partial charge in [0, 0.05) is 112 Å². The highest BCUT2D eigenvalue weighted by Gasteiger charge is 2.29. The van der Waals surface area contributed by atoms with Crippen molar-refractivity contribution in [2.75, 3.05) is 19.6 Å². The van der Waals surface area contributed by atoms with Crippen molar-refractivity contribution < 1.29 is 43.2 Å².